The fourth-order valence-electron chi connectivity index (χ4n) is 15.1. The van der Waals surface area contributed by atoms with Gasteiger partial charge in [0.25, 0.3) is 0 Å². The smallest absolute Gasteiger partial charge is 0.462 e. The number of hydrogen-bond donors (Lipinski definition) is 1. The fourth-order valence-corrected chi connectivity index (χ4v) is 61.7. The molecule has 21 heteroatoms. The molecule has 7 aliphatic carbocycles. The van der Waals surface area contributed by atoms with Crippen molar-refractivity contribution < 1.29 is 54.9 Å². The van der Waals surface area contributed by atoms with Gasteiger partial charge >= 0.3 is 67.4 Å². The molecule has 4 bridgehead atoms. The quantitative estimate of drug-likeness (QED) is 0.0418. The number of carbonyl (C=O) groups excluding carboxylic acids is 1. The van der Waals surface area contributed by atoms with Gasteiger partial charge in [0.2, 0.25) is 0 Å². The number of carbonyl (C=O) groups is 1. The zero-order valence-corrected chi connectivity index (χ0v) is 52.5. The molecular weight excluding hydrogens is 1050 g/mol. The van der Waals surface area contributed by atoms with E-state index in [9.17, 15) is 4.79 Å². The maximum atomic E-state index is 12.5. The molecular formula is C51H94O13SSi7. The van der Waals surface area contributed by atoms with Crippen molar-refractivity contribution in [2.24, 2.45) is 0 Å². The predicted molar refractivity (Wildman–Crippen MR) is 295 cm³/mol. The summed E-state index contributed by atoms with van der Waals surface area (Å²) in [6, 6.07) is 0. The minimum atomic E-state index is -4.14. The molecule has 13 nitrogen and oxygen atoms in total. The zero-order chi connectivity index (χ0) is 49.8. The first-order valence-electron chi connectivity index (χ1n) is 30.1. The van der Waals surface area contributed by atoms with Gasteiger partial charge in [-0.2, -0.15) is 0 Å². The van der Waals surface area contributed by atoms with Gasteiger partial charge in [-0.1, -0.05) is 141 Å². The molecule has 3 heterocycles. The summed E-state index contributed by atoms with van der Waals surface area (Å²) in [4.78, 5) is 12.5. The van der Waals surface area contributed by atoms with Crippen molar-refractivity contribution in [1.82, 2.24) is 0 Å². The van der Waals surface area contributed by atoms with Crippen LogP contribution in [0.25, 0.3) is 0 Å². The predicted octanol–water partition coefficient (Wildman–Crippen LogP) is 15.0. The van der Waals surface area contributed by atoms with Crippen molar-refractivity contribution in [3.05, 3.63) is 12.2 Å². The minimum absolute atomic E-state index is 0.00344. The van der Waals surface area contributed by atoms with Gasteiger partial charge in [-0.25, -0.2) is 4.79 Å². The molecule has 10 rings (SSSR count). The van der Waals surface area contributed by atoms with Crippen molar-refractivity contribution in [3.63, 3.8) is 0 Å². The number of esters is 1. The Balaban J connectivity index is 1.23. The molecule has 0 radical (unpaired) electrons. The van der Waals surface area contributed by atoms with Crippen LogP contribution in [0.15, 0.2) is 12.2 Å². The van der Waals surface area contributed by atoms with Gasteiger partial charge in [0.1, 0.15) is 0 Å². The zero-order valence-electron chi connectivity index (χ0n) is 44.6. The molecule has 10 aliphatic rings. The maximum absolute atomic E-state index is 12.5. The summed E-state index contributed by atoms with van der Waals surface area (Å²) in [6.45, 7) is 8.58. The van der Waals surface area contributed by atoms with Crippen LogP contribution in [0.1, 0.15) is 244 Å². The molecule has 410 valence electrons. The summed E-state index contributed by atoms with van der Waals surface area (Å²) >= 11 is 5.05. The Morgan fingerprint density at radius 3 is 1.07 bits per heavy atom. The van der Waals surface area contributed by atoms with E-state index in [4.69, 9.17) is 63.0 Å². The number of rotatable bonds is 15. The summed E-state index contributed by atoms with van der Waals surface area (Å²) in [5.74, 6) is -0.358. The van der Waals surface area contributed by atoms with Gasteiger partial charge in [-0.3, -0.25) is 0 Å². The van der Waals surface area contributed by atoms with Crippen LogP contribution in [0, 0.1) is 0 Å². The highest BCUT2D eigenvalue weighted by atomic mass is 32.1. The Morgan fingerprint density at radius 1 is 0.417 bits per heavy atom. The van der Waals surface area contributed by atoms with Gasteiger partial charge in [0.05, 0.1) is 6.61 Å². The summed E-state index contributed by atoms with van der Waals surface area (Å²) < 4.78 is 98.0. The van der Waals surface area contributed by atoms with E-state index in [1.165, 1.54) is 44.9 Å². The van der Waals surface area contributed by atoms with Crippen molar-refractivity contribution in [2.45, 2.75) is 290 Å². The molecule has 7 atom stereocenters. The number of thiol groups is 1. The molecule has 3 saturated heterocycles. The van der Waals surface area contributed by atoms with Crippen LogP contribution >= 0.6 is 12.9 Å². The summed E-state index contributed by atoms with van der Waals surface area (Å²) in [7, 11) is -27.6. The van der Waals surface area contributed by atoms with Crippen LogP contribution in [-0.4, -0.2) is 80.6 Å². The maximum Gasteiger partial charge on any atom is 0.500 e. The number of hydrogen-bond acceptors (Lipinski definition) is 14. The number of unbranched alkanes of at least 4 members (excludes halogenated alkanes) is 1. The highest BCUT2D eigenvalue weighted by Crippen LogP contribution is 2.62. The largest absolute Gasteiger partial charge is 0.500 e. The lowest BCUT2D eigenvalue weighted by Gasteiger charge is -2.63. The first kappa shape index (κ1) is 55.9. The van der Waals surface area contributed by atoms with E-state index >= 15 is 0 Å². The molecule has 0 aromatic rings. The summed E-state index contributed by atoms with van der Waals surface area (Å²) in [5, 5.41) is 0. The molecule has 0 aromatic carbocycles. The average Bonchev–Trinajstić information content (AvgIpc) is 3.41. The Kier molecular flexibility index (Phi) is 19.1. The van der Waals surface area contributed by atoms with Gasteiger partial charge in [-0.15, -0.1) is 0 Å². The minimum Gasteiger partial charge on any atom is -0.462 e. The van der Waals surface area contributed by atoms with Crippen LogP contribution in [0.3, 0.4) is 0 Å². The summed E-state index contributed by atoms with van der Waals surface area (Å²) in [6.07, 6.45) is 38.4. The third kappa shape index (κ3) is 11.9. The molecule has 0 N–H and O–H groups in total. The first-order chi connectivity index (χ1) is 35.0. The second-order valence-electron chi connectivity index (χ2n) is 24.5. The topological polar surface area (TPSA) is 128 Å². The lowest BCUT2D eigenvalue weighted by molar-refractivity contribution is -0.139. The van der Waals surface area contributed by atoms with Gasteiger partial charge in [-0.05, 0) is 129 Å². The first-order valence-corrected chi connectivity index (χ1v) is 43.7. The van der Waals surface area contributed by atoms with Gasteiger partial charge in [0, 0.05) is 51.0 Å². The van der Waals surface area contributed by atoms with Crippen molar-refractivity contribution in [2.75, 3.05) is 13.2 Å². The van der Waals surface area contributed by atoms with E-state index in [1.807, 2.05) is 0 Å². The number of fused-ring (bicyclic) bond motifs is 3. The van der Waals surface area contributed by atoms with Crippen molar-refractivity contribution in [3.8, 4) is 0 Å². The molecule has 3 aliphatic heterocycles. The van der Waals surface area contributed by atoms with Crippen LogP contribution in [0.5, 0.6) is 0 Å². The Bertz CT molecular complexity index is 1800. The van der Waals surface area contributed by atoms with Crippen molar-refractivity contribution in [1.29, 1.82) is 0 Å². The number of ether oxygens (including phenoxy) is 1. The van der Waals surface area contributed by atoms with E-state index in [2.05, 4.69) is 13.1 Å². The molecule has 72 heavy (non-hydrogen) atoms. The van der Waals surface area contributed by atoms with Crippen LogP contribution in [0.2, 0.25) is 45.3 Å². The third-order valence-corrected chi connectivity index (χ3v) is 53.8. The Morgan fingerprint density at radius 2 is 0.708 bits per heavy atom. The fraction of sp³-hybridized carbons (Fsp3) is 0.941. The monoisotopic (exact) mass is 1140 g/mol. The molecule has 10 fully saturated rings. The van der Waals surface area contributed by atoms with Crippen LogP contribution < -0.4 is 0 Å². The van der Waals surface area contributed by atoms with E-state index in [0.717, 1.165) is 180 Å². The third-order valence-electron chi connectivity index (χ3n) is 19.2. The van der Waals surface area contributed by atoms with E-state index in [0.29, 0.717) is 31.6 Å². The van der Waals surface area contributed by atoms with Crippen LogP contribution in [0.4, 0.5) is 0 Å². The molecule has 0 spiro atoms. The standard InChI is InChI=1S/C51H94O13SSi7/c1-43(2)51(52)53-41-25-26-42-54-67(45-29-13-5-14-30-45)58-69(47-33-17-7-18-34-47)56-66(3,44-27-11-4-12-28-44)57-70(48-35-19-8-20-36-48)60-68(55-65,46-31-15-6-16-32-46)61-71(59-67,49-37-21-9-22-38-49)64-72(62-69,63-70)50-39-23-10-24-40-50/h44-50,65H,1,4-42H2,2-3H3/t66-,67?,68?,69?,70?,71?,72?/m1/s1. The average molecular weight is 1140 g/mol. The highest BCUT2D eigenvalue weighted by Gasteiger charge is 2.82. The lowest BCUT2D eigenvalue weighted by Crippen LogP contribution is -2.85. The molecule has 6 unspecified atom stereocenters. The van der Waals surface area contributed by atoms with E-state index in [1.54, 1.807) is 6.92 Å². The molecule has 0 aromatic heterocycles. The second-order valence-corrected chi connectivity index (χ2v) is 47.8. The SMILES string of the molecule is C=C(C)C(=O)OCCCCO[Si]1(C2CCCCC2)O[Si]2(C3CCCCC3)O[Si](OS)(C3CCCCC3)O[Si]3(C4CCCCC4)O[Si](C4CCCCC4)(O2)O[Si](C2CCCCC2)(O1)O[Si@@](C)(C1CCCCC1)O3. The van der Waals surface area contributed by atoms with Gasteiger partial charge in [0.15, 0.2) is 0 Å². The van der Waals surface area contributed by atoms with E-state index < -0.39 is 61.4 Å². The lowest BCUT2D eigenvalue weighted by atomic mass is 10.0. The Hall–Kier alpha value is 0.638. The van der Waals surface area contributed by atoms with Crippen LogP contribution in [-0.2, 0) is 54.9 Å². The molecule has 7 saturated carbocycles. The highest BCUT2D eigenvalue weighted by molar-refractivity contribution is 7.76. The normalized spacial score (nSPS) is 40.4. The summed E-state index contributed by atoms with van der Waals surface area (Å²) in [5.41, 5.74) is 0.641. The Labute approximate surface area is 447 Å². The van der Waals surface area contributed by atoms with E-state index in [-0.39, 0.29) is 44.8 Å². The second kappa shape index (κ2) is 24.6. The van der Waals surface area contributed by atoms with Crippen molar-refractivity contribution >= 4 is 80.3 Å². The molecule has 0 amide bonds. The van der Waals surface area contributed by atoms with Gasteiger partial charge < -0.3 is 50.1 Å².